The minimum Gasteiger partial charge on any atom is -0.394 e. The molecule has 0 spiro atoms. The second-order valence-electron chi connectivity index (χ2n) is 4.06. The highest BCUT2D eigenvalue weighted by Gasteiger charge is 2.26. The second-order valence-corrected chi connectivity index (χ2v) is 4.06. The van der Waals surface area contributed by atoms with Crippen LogP contribution in [-0.2, 0) is 0 Å². The van der Waals surface area contributed by atoms with Crippen molar-refractivity contribution in [3.05, 3.63) is 11.7 Å². The van der Waals surface area contributed by atoms with Gasteiger partial charge < -0.3 is 14.9 Å². The average molecular weight is 227 g/mol. The molecule has 1 heterocycles. The first-order valence-corrected chi connectivity index (χ1v) is 5.24. The van der Waals surface area contributed by atoms with Gasteiger partial charge in [-0.1, -0.05) is 18.5 Å². The number of hydrogen-bond donors (Lipinski definition) is 2. The standard InChI is InChI=1S/C10H17N3O3/c1-4-5-10(3,6-14)12-9(15)8-11-7(2)16-13-8/h14H,4-6H2,1-3H3,(H,12,15). The summed E-state index contributed by atoms with van der Waals surface area (Å²) in [5, 5.41) is 15.5. The van der Waals surface area contributed by atoms with Crippen molar-refractivity contribution in [1.29, 1.82) is 0 Å². The second kappa shape index (κ2) is 5.07. The zero-order chi connectivity index (χ0) is 12.2. The SMILES string of the molecule is CCCC(C)(CO)NC(=O)c1noc(C)n1. The first-order valence-electron chi connectivity index (χ1n) is 5.24. The third-order valence-electron chi connectivity index (χ3n) is 2.30. The lowest BCUT2D eigenvalue weighted by Gasteiger charge is -2.27. The van der Waals surface area contributed by atoms with Crippen LogP contribution in [0.25, 0.3) is 0 Å². The predicted molar refractivity (Wildman–Crippen MR) is 56.9 cm³/mol. The van der Waals surface area contributed by atoms with Gasteiger partial charge in [-0.3, -0.25) is 4.79 Å². The summed E-state index contributed by atoms with van der Waals surface area (Å²) in [5.41, 5.74) is -0.639. The first kappa shape index (κ1) is 12.6. The maximum Gasteiger partial charge on any atom is 0.293 e. The Hall–Kier alpha value is -1.43. The molecule has 2 N–H and O–H groups in total. The van der Waals surface area contributed by atoms with Crippen molar-refractivity contribution in [2.24, 2.45) is 0 Å². The molecule has 0 radical (unpaired) electrons. The van der Waals surface area contributed by atoms with Gasteiger partial charge in [0.25, 0.3) is 11.7 Å². The van der Waals surface area contributed by atoms with Crippen LogP contribution in [0.5, 0.6) is 0 Å². The van der Waals surface area contributed by atoms with Crippen LogP contribution in [0, 0.1) is 6.92 Å². The molecular weight excluding hydrogens is 210 g/mol. The molecule has 1 aromatic rings. The molecule has 1 unspecified atom stereocenters. The predicted octanol–water partition coefficient (Wildman–Crippen LogP) is 0.659. The van der Waals surface area contributed by atoms with Crippen molar-refractivity contribution in [1.82, 2.24) is 15.5 Å². The van der Waals surface area contributed by atoms with Gasteiger partial charge in [0.15, 0.2) is 0 Å². The van der Waals surface area contributed by atoms with Gasteiger partial charge in [-0.05, 0) is 13.3 Å². The van der Waals surface area contributed by atoms with E-state index >= 15 is 0 Å². The molecule has 6 heteroatoms. The van der Waals surface area contributed by atoms with Gasteiger partial charge in [0, 0.05) is 6.92 Å². The van der Waals surface area contributed by atoms with Crippen molar-refractivity contribution in [3.8, 4) is 0 Å². The van der Waals surface area contributed by atoms with E-state index in [4.69, 9.17) is 4.52 Å². The monoisotopic (exact) mass is 227 g/mol. The molecule has 6 nitrogen and oxygen atoms in total. The number of nitrogens with zero attached hydrogens (tertiary/aromatic N) is 2. The topological polar surface area (TPSA) is 88.2 Å². The van der Waals surface area contributed by atoms with E-state index in [1.54, 1.807) is 13.8 Å². The van der Waals surface area contributed by atoms with Crippen LogP contribution in [-0.4, -0.2) is 33.3 Å². The molecule has 1 atom stereocenters. The normalized spacial score (nSPS) is 14.5. The third kappa shape index (κ3) is 3.03. The highest BCUT2D eigenvalue weighted by molar-refractivity contribution is 5.90. The Kier molecular flexibility index (Phi) is 4.00. The largest absolute Gasteiger partial charge is 0.394 e. The summed E-state index contributed by atoms with van der Waals surface area (Å²) in [6, 6.07) is 0. The molecule has 0 aliphatic carbocycles. The van der Waals surface area contributed by atoms with Crippen molar-refractivity contribution < 1.29 is 14.4 Å². The Bertz CT molecular complexity index is 364. The number of amides is 1. The molecule has 1 amide bonds. The molecule has 0 aliphatic rings. The number of aliphatic hydroxyl groups excluding tert-OH is 1. The summed E-state index contributed by atoms with van der Waals surface area (Å²) in [4.78, 5) is 15.5. The van der Waals surface area contributed by atoms with Crippen molar-refractivity contribution >= 4 is 5.91 Å². The van der Waals surface area contributed by atoms with Crippen molar-refractivity contribution in [2.45, 2.75) is 39.2 Å². The highest BCUT2D eigenvalue weighted by atomic mass is 16.5. The lowest BCUT2D eigenvalue weighted by atomic mass is 9.97. The van der Waals surface area contributed by atoms with Gasteiger partial charge in [-0.2, -0.15) is 4.98 Å². The quantitative estimate of drug-likeness (QED) is 0.771. The Morgan fingerprint density at radius 2 is 2.31 bits per heavy atom. The number of hydrogen-bond acceptors (Lipinski definition) is 5. The average Bonchev–Trinajstić information content (AvgIpc) is 2.65. The molecule has 0 aromatic carbocycles. The van der Waals surface area contributed by atoms with E-state index in [9.17, 15) is 9.90 Å². The van der Waals surface area contributed by atoms with Crippen LogP contribution in [0.3, 0.4) is 0 Å². The van der Waals surface area contributed by atoms with E-state index < -0.39 is 11.4 Å². The summed E-state index contributed by atoms with van der Waals surface area (Å²) >= 11 is 0. The third-order valence-corrected chi connectivity index (χ3v) is 2.30. The summed E-state index contributed by atoms with van der Waals surface area (Å²) in [6.07, 6.45) is 1.55. The van der Waals surface area contributed by atoms with Crippen LogP contribution in [0.4, 0.5) is 0 Å². The fourth-order valence-corrected chi connectivity index (χ4v) is 1.45. The molecule has 1 rings (SSSR count). The molecule has 0 fully saturated rings. The Morgan fingerprint density at radius 3 is 2.75 bits per heavy atom. The number of carbonyl (C=O) groups excluding carboxylic acids is 1. The van der Waals surface area contributed by atoms with E-state index in [1.807, 2.05) is 6.92 Å². The maximum absolute atomic E-state index is 11.7. The van der Waals surface area contributed by atoms with Crippen LogP contribution in [0.1, 0.15) is 43.2 Å². The molecule has 0 saturated carbocycles. The van der Waals surface area contributed by atoms with E-state index in [2.05, 4.69) is 15.5 Å². The number of aliphatic hydroxyl groups is 1. The molecule has 1 aromatic heterocycles. The summed E-state index contributed by atoms with van der Waals surface area (Å²) in [6.45, 7) is 5.25. The van der Waals surface area contributed by atoms with E-state index in [1.165, 1.54) is 0 Å². The fourth-order valence-electron chi connectivity index (χ4n) is 1.45. The van der Waals surface area contributed by atoms with Gasteiger partial charge in [0.05, 0.1) is 12.1 Å². The summed E-state index contributed by atoms with van der Waals surface area (Å²) in [7, 11) is 0. The highest BCUT2D eigenvalue weighted by Crippen LogP contribution is 2.12. The molecule has 0 saturated heterocycles. The number of carbonyl (C=O) groups is 1. The fraction of sp³-hybridized carbons (Fsp3) is 0.700. The molecular formula is C10H17N3O3. The zero-order valence-electron chi connectivity index (χ0n) is 9.78. The van der Waals surface area contributed by atoms with Gasteiger partial charge >= 0.3 is 0 Å². The van der Waals surface area contributed by atoms with E-state index in [-0.39, 0.29) is 12.4 Å². The smallest absolute Gasteiger partial charge is 0.293 e. The Balaban J connectivity index is 2.69. The van der Waals surface area contributed by atoms with Crippen molar-refractivity contribution in [3.63, 3.8) is 0 Å². The zero-order valence-corrected chi connectivity index (χ0v) is 9.78. The minimum atomic E-state index is -0.639. The van der Waals surface area contributed by atoms with Crippen LogP contribution < -0.4 is 5.32 Å². The van der Waals surface area contributed by atoms with Crippen LogP contribution in [0.15, 0.2) is 4.52 Å². The molecule has 0 aliphatic heterocycles. The van der Waals surface area contributed by atoms with Gasteiger partial charge in [-0.25, -0.2) is 0 Å². The summed E-state index contributed by atoms with van der Waals surface area (Å²) in [5.74, 6) is -0.0959. The lowest BCUT2D eigenvalue weighted by molar-refractivity contribution is 0.0827. The molecule has 0 bridgehead atoms. The van der Waals surface area contributed by atoms with E-state index in [0.29, 0.717) is 12.3 Å². The van der Waals surface area contributed by atoms with Crippen molar-refractivity contribution in [2.75, 3.05) is 6.61 Å². The first-order chi connectivity index (χ1) is 7.50. The Labute approximate surface area is 94.0 Å². The number of nitrogens with one attached hydrogen (secondary N) is 1. The van der Waals surface area contributed by atoms with E-state index in [0.717, 1.165) is 6.42 Å². The number of rotatable bonds is 5. The lowest BCUT2D eigenvalue weighted by Crippen LogP contribution is -2.49. The number of aryl methyl sites for hydroxylation is 1. The van der Waals surface area contributed by atoms with Crippen LogP contribution in [0.2, 0.25) is 0 Å². The van der Waals surface area contributed by atoms with Gasteiger partial charge in [0.2, 0.25) is 5.89 Å². The van der Waals surface area contributed by atoms with Crippen LogP contribution >= 0.6 is 0 Å². The van der Waals surface area contributed by atoms with Gasteiger partial charge in [-0.15, -0.1) is 0 Å². The van der Waals surface area contributed by atoms with Gasteiger partial charge in [0.1, 0.15) is 0 Å². The maximum atomic E-state index is 11.7. The Morgan fingerprint density at radius 1 is 1.62 bits per heavy atom. The molecule has 90 valence electrons. The number of aromatic nitrogens is 2. The minimum absolute atomic E-state index is 0.00622. The molecule has 16 heavy (non-hydrogen) atoms. The summed E-state index contributed by atoms with van der Waals surface area (Å²) < 4.78 is 4.71.